The summed E-state index contributed by atoms with van der Waals surface area (Å²) in [7, 11) is 0. The Morgan fingerprint density at radius 3 is 1.88 bits per heavy atom. The maximum Gasteiger partial charge on any atom is 0.136 e. The zero-order valence-corrected chi connectivity index (χ0v) is 31.1. The molecule has 270 valence electrons. The Bertz CT molecular complexity index is 3120. The number of furan rings is 1. The smallest absolute Gasteiger partial charge is 0.136 e. The summed E-state index contributed by atoms with van der Waals surface area (Å²) in [6, 6.07) is 71.2. The summed E-state index contributed by atoms with van der Waals surface area (Å²) in [5.41, 5.74) is 11.9. The maximum absolute atomic E-state index is 6.60. The van der Waals surface area contributed by atoms with Crippen LogP contribution in [0.25, 0.3) is 76.9 Å². The number of nitrogens with zero attached hydrogens (tertiary/aromatic N) is 1. The van der Waals surface area contributed by atoms with Crippen molar-refractivity contribution in [2.45, 2.75) is 12.3 Å². The molecule has 1 aromatic heterocycles. The molecule has 2 heterocycles. The second kappa shape index (κ2) is 13.8. The van der Waals surface area contributed by atoms with Crippen molar-refractivity contribution in [3.8, 4) is 33.4 Å². The largest absolute Gasteiger partial charge is 0.456 e. The van der Waals surface area contributed by atoms with Gasteiger partial charge in [-0.1, -0.05) is 176 Å². The van der Waals surface area contributed by atoms with Crippen LogP contribution >= 0.6 is 0 Å². The van der Waals surface area contributed by atoms with Crippen molar-refractivity contribution in [2.24, 2.45) is 4.99 Å². The number of hydrogen-bond acceptors (Lipinski definition) is 4. The molecule has 2 unspecified atom stereocenters. The van der Waals surface area contributed by atoms with Gasteiger partial charge in [0.2, 0.25) is 0 Å². The van der Waals surface area contributed by atoms with Crippen LogP contribution in [0, 0.1) is 0 Å². The molecule has 0 amide bonds. The highest BCUT2D eigenvalue weighted by atomic mass is 16.3. The van der Waals surface area contributed by atoms with Gasteiger partial charge in [-0.2, -0.15) is 0 Å². The Morgan fingerprint density at radius 2 is 1.05 bits per heavy atom. The first-order chi connectivity index (χ1) is 28.2. The molecule has 0 saturated heterocycles. The number of benzene rings is 9. The normalized spacial score (nSPS) is 15.5. The van der Waals surface area contributed by atoms with E-state index in [0.717, 1.165) is 55.6 Å². The summed E-state index contributed by atoms with van der Waals surface area (Å²) in [6.07, 6.45) is -0.611. The highest BCUT2D eigenvalue weighted by Crippen LogP contribution is 2.40. The van der Waals surface area contributed by atoms with Gasteiger partial charge in [0.1, 0.15) is 29.3 Å². The third-order valence-corrected chi connectivity index (χ3v) is 11.4. The van der Waals surface area contributed by atoms with Gasteiger partial charge in [0, 0.05) is 21.9 Å². The minimum Gasteiger partial charge on any atom is -0.456 e. The van der Waals surface area contributed by atoms with E-state index in [1.165, 1.54) is 43.8 Å². The molecule has 0 radical (unpaired) electrons. The van der Waals surface area contributed by atoms with Gasteiger partial charge in [0.25, 0.3) is 0 Å². The van der Waals surface area contributed by atoms with E-state index in [1.54, 1.807) is 0 Å². The zero-order chi connectivity index (χ0) is 37.7. The molecule has 0 bridgehead atoms. The molecule has 4 heteroatoms. The Kier molecular flexibility index (Phi) is 8.01. The third kappa shape index (κ3) is 6.04. The number of hydrogen-bond donors (Lipinski definition) is 2. The monoisotopic (exact) mass is 731 g/mol. The molecular weight excluding hydrogens is 695 g/mol. The van der Waals surface area contributed by atoms with Crippen molar-refractivity contribution in [2.75, 3.05) is 0 Å². The quantitative estimate of drug-likeness (QED) is 0.179. The maximum atomic E-state index is 6.60. The van der Waals surface area contributed by atoms with Gasteiger partial charge in [-0.3, -0.25) is 5.32 Å². The Labute approximate surface area is 330 Å². The molecule has 2 atom stereocenters. The van der Waals surface area contributed by atoms with Crippen LogP contribution in [0.1, 0.15) is 29.0 Å². The number of amidine groups is 1. The molecule has 2 N–H and O–H groups in total. The van der Waals surface area contributed by atoms with Crippen molar-refractivity contribution in [3.05, 3.63) is 217 Å². The third-order valence-electron chi connectivity index (χ3n) is 11.4. The van der Waals surface area contributed by atoms with Gasteiger partial charge in [-0.25, -0.2) is 4.99 Å². The van der Waals surface area contributed by atoms with E-state index in [-0.39, 0.29) is 12.3 Å². The molecular formula is C53H37N3O. The van der Waals surface area contributed by atoms with Crippen molar-refractivity contribution < 1.29 is 4.42 Å². The first kappa shape index (κ1) is 33.1. The number of nitrogens with one attached hydrogen (secondary N) is 2. The van der Waals surface area contributed by atoms with Crippen molar-refractivity contribution in [1.29, 1.82) is 0 Å². The standard InChI is InChI=1S/C53H37N3O/c1-2-11-34(12-3-1)36-21-23-37(24-22-36)43-32-47(50-46-18-8-9-20-48(46)57-49(50)33-43)53-55-51(54-52(56-53)42-30-25-35-13-4-5-15-41(35)31-42)40-28-26-39(27-29-40)45-19-10-16-38-14-6-7-17-44(38)45/h1-33,51,53,55H,(H,54,56). The van der Waals surface area contributed by atoms with Gasteiger partial charge < -0.3 is 9.73 Å². The molecule has 9 aromatic carbocycles. The van der Waals surface area contributed by atoms with Crippen molar-refractivity contribution >= 4 is 49.3 Å². The van der Waals surface area contributed by atoms with E-state index in [4.69, 9.17) is 9.41 Å². The minimum atomic E-state index is -0.387. The highest BCUT2D eigenvalue weighted by molar-refractivity contribution is 6.09. The molecule has 11 rings (SSSR count). The fourth-order valence-corrected chi connectivity index (χ4v) is 8.46. The summed E-state index contributed by atoms with van der Waals surface area (Å²) >= 11 is 0. The van der Waals surface area contributed by atoms with Crippen LogP contribution in [0.3, 0.4) is 0 Å². The molecule has 57 heavy (non-hydrogen) atoms. The molecule has 1 aliphatic rings. The van der Waals surface area contributed by atoms with E-state index in [2.05, 4.69) is 199 Å². The topological polar surface area (TPSA) is 49.6 Å². The Hall–Kier alpha value is -7.27. The summed E-state index contributed by atoms with van der Waals surface area (Å²) < 4.78 is 6.60. The molecule has 4 nitrogen and oxygen atoms in total. The summed E-state index contributed by atoms with van der Waals surface area (Å²) in [4.78, 5) is 5.48. The van der Waals surface area contributed by atoms with Crippen LogP contribution in [0.4, 0.5) is 0 Å². The number of aliphatic imine (C=N–C) groups is 1. The Morgan fingerprint density at radius 1 is 0.421 bits per heavy atom. The van der Waals surface area contributed by atoms with Gasteiger partial charge in [0.05, 0.1) is 0 Å². The summed E-state index contributed by atoms with van der Waals surface area (Å²) in [6.45, 7) is 0. The van der Waals surface area contributed by atoms with Gasteiger partial charge in [0.15, 0.2) is 0 Å². The minimum absolute atomic E-state index is 0.224. The molecule has 10 aromatic rings. The zero-order valence-electron chi connectivity index (χ0n) is 31.1. The average molecular weight is 732 g/mol. The van der Waals surface area contributed by atoms with Crippen LogP contribution in [-0.2, 0) is 0 Å². The summed E-state index contributed by atoms with van der Waals surface area (Å²) in [5.74, 6) is 0.839. The molecule has 0 saturated carbocycles. The van der Waals surface area contributed by atoms with Gasteiger partial charge >= 0.3 is 0 Å². The molecule has 0 aliphatic carbocycles. The van der Waals surface area contributed by atoms with Crippen molar-refractivity contribution in [3.63, 3.8) is 0 Å². The lowest BCUT2D eigenvalue weighted by Crippen LogP contribution is -2.45. The van der Waals surface area contributed by atoms with Gasteiger partial charge in [-0.05, 0) is 84.8 Å². The first-order valence-corrected chi connectivity index (χ1v) is 19.5. The predicted molar refractivity (Wildman–Crippen MR) is 236 cm³/mol. The molecule has 0 fully saturated rings. The van der Waals surface area contributed by atoms with Gasteiger partial charge in [-0.15, -0.1) is 0 Å². The number of rotatable bonds is 6. The first-order valence-electron chi connectivity index (χ1n) is 19.5. The fourth-order valence-electron chi connectivity index (χ4n) is 8.46. The lowest BCUT2D eigenvalue weighted by Gasteiger charge is -2.33. The molecule has 0 spiro atoms. The number of fused-ring (bicyclic) bond motifs is 5. The fraction of sp³-hybridized carbons (Fsp3) is 0.0377. The summed E-state index contributed by atoms with van der Waals surface area (Å²) in [5, 5.41) is 14.7. The van der Waals surface area contributed by atoms with Crippen LogP contribution in [0.2, 0.25) is 0 Å². The van der Waals surface area contributed by atoms with Crippen LogP contribution in [-0.4, -0.2) is 5.84 Å². The predicted octanol–water partition coefficient (Wildman–Crippen LogP) is 13.2. The van der Waals surface area contributed by atoms with E-state index < -0.39 is 0 Å². The molecule has 1 aliphatic heterocycles. The second-order valence-corrected chi connectivity index (χ2v) is 14.8. The van der Waals surface area contributed by atoms with Crippen LogP contribution in [0.15, 0.2) is 210 Å². The van der Waals surface area contributed by atoms with E-state index in [9.17, 15) is 0 Å². The number of para-hydroxylation sites is 1. The van der Waals surface area contributed by atoms with Crippen LogP contribution in [0.5, 0.6) is 0 Å². The average Bonchev–Trinajstić information content (AvgIpc) is 3.67. The lowest BCUT2D eigenvalue weighted by atomic mass is 9.95. The second-order valence-electron chi connectivity index (χ2n) is 14.8. The van der Waals surface area contributed by atoms with E-state index in [1.807, 2.05) is 12.1 Å². The van der Waals surface area contributed by atoms with E-state index in [0.29, 0.717) is 0 Å². The van der Waals surface area contributed by atoms with Crippen molar-refractivity contribution in [1.82, 2.24) is 10.6 Å². The Balaban J connectivity index is 1.05. The SMILES string of the molecule is c1ccc(-c2ccc(-c3cc(C4N=C(c5ccc6ccccc6c5)NC(c5ccc(-c6cccc7ccccc67)cc5)N4)c4c(c3)oc3ccccc34)cc2)cc1. The highest BCUT2D eigenvalue weighted by Gasteiger charge is 2.29. The van der Waals surface area contributed by atoms with E-state index >= 15 is 0 Å². The van der Waals surface area contributed by atoms with Crippen LogP contribution < -0.4 is 10.6 Å². The lowest BCUT2D eigenvalue weighted by molar-refractivity contribution is 0.410.